The van der Waals surface area contributed by atoms with E-state index in [1.54, 1.807) is 23.1 Å². The number of carbonyl (C=O) groups excluding carboxylic acids is 1. The van der Waals surface area contributed by atoms with Crippen molar-refractivity contribution >= 4 is 22.7 Å². The predicted octanol–water partition coefficient (Wildman–Crippen LogP) is 5.21. The first-order valence-corrected chi connectivity index (χ1v) is 8.46. The number of aryl methyl sites for hydroxylation is 1. The fourth-order valence-corrected chi connectivity index (χ4v) is 2.81. The van der Waals surface area contributed by atoms with Gasteiger partial charge < -0.3 is 15.1 Å². The Labute approximate surface area is 154 Å². The molecule has 3 rings (SSSR count). The van der Waals surface area contributed by atoms with E-state index in [-0.39, 0.29) is 26.3 Å². The number of anilines is 1. The highest BCUT2D eigenvalue weighted by Gasteiger charge is 2.20. The SMILES string of the molecule is Cc1c([C@@H](C)NC(=O)Nc2cnn(C(C)(C)C)c2)oc2ccc(F)cc12.[HH].[HH]. The molecule has 26 heavy (non-hydrogen) atoms. The molecule has 0 aliphatic heterocycles. The second kappa shape index (κ2) is 6.48. The number of carbonyl (C=O) groups is 1. The third kappa shape index (κ3) is 3.56. The van der Waals surface area contributed by atoms with Gasteiger partial charge in [0.2, 0.25) is 0 Å². The van der Waals surface area contributed by atoms with E-state index in [1.165, 1.54) is 12.1 Å². The first kappa shape index (κ1) is 18.0. The van der Waals surface area contributed by atoms with Crippen molar-refractivity contribution in [2.45, 2.75) is 46.2 Å². The molecule has 0 fully saturated rings. The Hall–Kier alpha value is -2.83. The van der Waals surface area contributed by atoms with Crippen LogP contribution in [-0.2, 0) is 5.54 Å². The second-order valence-corrected chi connectivity index (χ2v) is 7.40. The molecular formula is C19H27FN4O2. The van der Waals surface area contributed by atoms with Gasteiger partial charge in [0.25, 0.3) is 0 Å². The molecule has 2 heterocycles. The van der Waals surface area contributed by atoms with Crippen molar-refractivity contribution in [2.75, 3.05) is 5.32 Å². The topological polar surface area (TPSA) is 72.1 Å². The number of rotatable bonds is 3. The zero-order valence-electron chi connectivity index (χ0n) is 15.6. The second-order valence-electron chi connectivity index (χ2n) is 7.40. The number of furan rings is 1. The maximum Gasteiger partial charge on any atom is 0.319 e. The van der Waals surface area contributed by atoms with Crippen LogP contribution in [-0.4, -0.2) is 15.8 Å². The number of hydrogen-bond acceptors (Lipinski definition) is 3. The molecule has 0 bridgehead atoms. The Balaban J connectivity index is 0.00000196. The van der Waals surface area contributed by atoms with E-state index in [1.807, 2.05) is 34.6 Å². The molecule has 1 aromatic carbocycles. The van der Waals surface area contributed by atoms with Crippen LogP contribution in [0.3, 0.4) is 0 Å². The minimum Gasteiger partial charge on any atom is -0.459 e. The Bertz CT molecular complexity index is 963. The molecule has 0 saturated heterocycles. The normalized spacial score (nSPS) is 13.0. The summed E-state index contributed by atoms with van der Waals surface area (Å²) in [6.07, 6.45) is 3.38. The quantitative estimate of drug-likeness (QED) is 0.672. The molecule has 2 N–H and O–H groups in total. The molecule has 6 nitrogen and oxygen atoms in total. The van der Waals surface area contributed by atoms with Crippen molar-refractivity contribution in [2.24, 2.45) is 0 Å². The van der Waals surface area contributed by atoms with E-state index in [4.69, 9.17) is 4.42 Å². The number of amides is 2. The summed E-state index contributed by atoms with van der Waals surface area (Å²) in [6, 6.07) is 3.65. The van der Waals surface area contributed by atoms with Gasteiger partial charge >= 0.3 is 6.03 Å². The first-order valence-electron chi connectivity index (χ1n) is 8.46. The molecule has 0 saturated carbocycles. The van der Waals surface area contributed by atoms with Crippen molar-refractivity contribution in [3.8, 4) is 0 Å². The lowest BCUT2D eigenvalue weighted by Gasteiger charge is -2.18. The van der Waals surface area contributed by atoms with E-state index in [2.05, 4.69) is 15.7 Å². The third-order valence-electron chi connectivity index (χ3n) is 4.20. The summed E-state index contributed by atoms with van der Waals surface area (Å²) in [7, 11) is 0. The van der Waals surface area contributed by atoms with E-state index in [0.717, 1.165) is 5.56 Å². The van der Waals surface area contributed by atoms with E-state index in [9.17, 15) is 9.18 Å². The average molecular weight is 362 g/mol. The van der Waals surface area contributed by atoms with Crippen LogP contribution in [0.25, 0.3) is 11.0 Å². The fraction of sp³-hybridized carbons (Fsp3) is 0.368. The van der Waals surface area contributed by atoms with Gasteiger partial charge in [-0.3, -0.25) is 4.68 Å². The number of nitrogens with one attached hydrogen (secondary N) is 2. The van der Waals surface area contributed by atoms with E-state index in [0.29, 0.717) is 22.4 Å². The van der Waals surface area contributed by atoms with Gasteiger partial charge in [-0.05, 0) is 52.8 Å². The zero-order chi connectivity index (χ0) is 19.1. The molecule has 2 amide bonds. The van der Waals surface area contributed by atoms with Crippen LogP contribution < -0.4 is 10.6 Å². The van der Waals surface area contributed by atoms with Crippen molar-refractivity contribution in [3.63, 3.8) is 0 Å². The number of nitrogens with zero attached hydrogens (tertiary/aromatic N) is 2. The lowest BCUT2D eigenvalue weighted by atomic mass is 10.1. The highest BCUT2D eigenvalue weighted by molar-refractivity contribution is 5.89. The molecule has 2 aromatic heterocycles. The predicted molar refractivity (Wildman–Crippen MR) is 103 cm³/mol. The van der Waals surface area contributed by atoms with Crippen molar-refractivity contribution in [3.05, 3.63) is 47.7 Å². The maximum absolute atomic E-state index is 13.4. The Kier molecular flexibility index (Phi) is 4.48. The number of aromatic nitrogens is 2. The highest BCUT2D eigenvalue weighted by atomic mass is 19.1. The van der Waals surface area contributed by atoms with E-state index >= 15 is 0 Å². The summed E-state index contributed by atoms with van der Waals surface area (Å²) in [5, 5.41) is 10.6. The van der Waals surface area contributed by atoms with Crippen LogP contribution in [0.5, 0.6) is 0 Å². The van der Waals surface area contributed by atoms with Gasteiger partial charge in [0, 0.05) is 20.0 Å². The largest absolute Gasteiger partial charge is 0.459 e. The zero-order valence-corrected chi connectivity index (χ0v) is 15.6. The Morgan fingerprint density at radius 1 is 1.38 bits per heavy atom. The molecular weight excluding hydrogens is 335 g/mol. The van der Waals surface area contributed by atoms with Gasteiger partial charge in [0.1, 0.15) is 17.2 Å². The minimum absolute atomic E-state index is 0. The van der Waals surface area contributed by atoms with Gasteiger partial charge in [-0.1, -0.05) is 0 Å². The summed E-state index contributed by atoms with van der Waals surface area (Å²) in [5.74, 6) is 0.285. The van der Waals surface area contributed by atoms with Crippen molar-refractivity contribution < 1.29 is 16.5 Å². The number of urea groups is 1. The summed E-state index contributed by atoms with van der Waals surface area (Å²) in [5.41, 5.74) is 1.85. The van der Waals surface area contributed by atoms with Crippen LogP contribution in [0.1, 0.15) is 47.9 Å². The fourth-order valence-electron chi connectivity index (χ4n) is 2.81. The number of hydrogen-bond donors (Lipinski definition) is 2. The van der Waals surface area contributed by atoms with Gasteiger partial charge in [0.05, 0.1) is 23.5 Å². The smallest absolute Gasteiger partial charge is 0.319 e. The molecule has 1 atom stereocenters. The van der Waals surface area contributed by atoms with E-state index < -0.39 is 0 Å². The molecule has 142 valence electrons. The summed E-state index contributed by atoms with van der Waals surface area (Å²) < 4.78 is 21.0. The van der Waals surface area contributed by atoms with Crippen molar-refractivity contribution in [1.82, 2.24) is 15.1 Å². The molecule has 0 spiro atoms. The van der Waals surface area contributed by atoms with Crippen LogP contribution >= 0.6 is 0 Å². The van der Waals surface area contributed by atoms with Gasteiger partial charge in [-0.25, -0.2) is 9.18 Å². The summed E-state index contributed by atoms with van der Waals surface area (Å²) >= 11 is 0. The number of benzene rings is 1. The first-order chi connectivity index (χ1) is 12.1. The highest BCUT2D eigenvalue weighted by Crippen LogP contribution is 2.30. The average Bonchev–Trinajstić information content (AvgIpc) is 3.12. The van der Waals surface area contributed by atoms with Crippen LogP contribution in [0.2, 0.25) is 0 Å². The monoisotopic (exact) mass is 362 g/mol. The molecule has 3 aromatic rings. The van der Waals surface area contributed by atoms with Crippen LogP contribution in [0.15, 0.2) is 35.0 Å². The standard InChI is InChI=1S/C19H23FN4O2.2H2/c1-11-15-8-13(20)6-7-16(15)26-17(11)12(2)22-18(25)23-14-9-21-24(10-14)19(3,4)5;;/h6-10,12H,1-5H3,(H2,22,23,25);2*1H/t12-;;/m1../s1. The Morgan fingerprint density at radius 2 is 2.12 bits per heavy atom. The Morgan fingerprint density at radius 3 is 2.77 bits per heavy atom. The third-order valence-corrected chi connectivity index (χ3v) is 4.20. The summed E-state index contributed by atoms with van der Waals surface area (Å²) in [4.78, 5) is 12.3. The number of halogens is 1. The van der Waals surface area contributed by atoms with Gasteiger partial charge in [-0.15, -0.1) is 0 Å². The lowest BCUT2D eigenvalue weighted by Crippen LogP contribution is -2.31. The summed E-state index contributed by atoms with van der Waals surface area (Å²) in [6.45, 7) is 9.75. The molecule has 0 radical (unpaired) electrons. The van der Waals surface area contributed by atoms with Crippen molar-refractivity contribution in [1.29, 1.82) is 0 Å². The number of fused-ring (bicyclic) bond motifs is 1. The van der Waals surface area contributed by atoms with Gasteiger partial charge in [0.15, 0.2) is 0 Å². The van der Waals surface area contributed by atoms with Gasteiger partial charge in [-0.2, -0.15) is 5.10 Å². The van der Waals surface area contributed by atoms with Crippen LogP contribution in [0, 0.1) is 12.7 Å². The minimum atomic E-state index is -0.372. The molecule has 0 aliphatic rings. The maximum atomic E-state index is 13.4. The molecule has 7 heteroatoms. The molecule has 0 aliphatic carbocycles. The van der Waals surface area contributed by atoms with Crippen LogP contribution in [0.4, 0.5) is 14.9 Å². The molecule has 0 unspecified atom stereocenters. The lowest BCUT2D eigenvalue weighted by molar-refractivity contribution is 0.248.